The van der Waals surface area contributed by atoms with Gasteiger partial charge in [-0.3, -0.25) is 4.99 Å². The van der Waals surface area contributed by atoms with E-state index >= 15 is 0 Å². The molecule has 2 atom stereocenters. The predicted octanol–water partition coefficient (Wildman–Crippen LogP) is 1.84. The Kier molecular flexibility index (Phi) is 9.80. The van der Waals surface area contributed by atoms with Gasteiger partial charge >= 0.3 is 0 Å². The summed E-state index contributed by atoms with van der Waals surface area (Å²) in [6.07, 6.45) is 6.47. The van der Waals surface area contributed by atoms with Crippen molar-refractivity contribution < 1.29 is 9.47 Å². The number of aliphatic imine (C=N–C) groups is 1. The van der Waals surface area contributed by atoms with Crippen LogP contribution in [0.1, 0.15) is 39.0 Å². The van der Waals surface area contributed by atoms with Gasteiger partial charge in [0.15, 0.2) is 5.96 Å². The van der Waals surface area contributed by atoms with Gasteiger partial charge in [-0.15, -0.1) is 24.0 Å². The highest BCUT2D eigenvalue weighted by Gasteiger charge is 2.34. The summed E-state index contributed by atoms with van der Waals surface area (Å²) in [5, 5.41) is 6.78. The molecule has 0 aromatic carbocycles. The van der Waals surface area contributed by atoms with Crippen molar-refractivity contribution in [3.05, 3.63) is 0 Å². The first-order valence-electron chi connectivity index (χ1n) is 9.80. The van der Waals surface area contributed by atoms with Crippen molar-refractivity contribution in [1.82, 2.24) is 15.5 Å². The second-order valence-electron chi connectivity index (χ2n) is 7.24. The number of hydrogen-bond acceptors (Lipinski definition) is 4. The van der Waals surface area contributed by atoms with Crippen LogP contribution in [0.15, 0.2) is 4.99 Å². The van der Waals surface area contributed by atoms with E-state index in [1.807, 2.05) is 0 Å². The number of nitrogens with one attached hydrogen (secondary N) is 2. The zero-order valence-electron chi connectivity index (χ0n) is 15.5. The topological polar surface area (TPSA) is 58.1 Å². The maximum Gasteiger partial charge on any atom is 0.191 e. The highest BCUT2D eigenvalue weighted by molar-refractivity contribution is 14.0. The molecule has 0 aromatic rings. The van der Waals surface area contributed by atoms with E-state index in [-0.39, 0.29) is 24.0 Å². The summed E-state index contributed by atoms with van der Waals surface area (Å²) in [4.78, 5) is 7.45. The Morgan fingerprint density at radius 3 is 2.84 bits per heavy atom. The number of hydrogen-bond donors (Lipinski definition) is 2. The fourth-order valence-corrected chi connectivity index (χ4v) is 3.52. The molecule has 2 saturated heterocycles. The highest BCUT2D eigenvalue weighted by Crippen LogP contribution is 2.31. The lowest BCUT2D eigenvalue weighted by atomic mass is 10.1. The summed E-state index contributed by atoms with van der Waals surface area (Å²) in [6, 6.07) is 0.899. The Balaban J connectivity index is 0.00000225. The van der Waals surface area contributed by atoms with Crippen LogP contribution in [0.3, 0.4) is 0 Å². The third-order valence-corrected chi connectivity index (χ3v) is 5.09. The van der Waals surface area contributed by atoms with E-state index < -0.39 is 0 Å². The van der Waals surface area contributed by atoms with Crippen LogP contribution in [0.2, 0.25) is 0 Å². The van der Waals surface area contributed by atoms with Gasteiger partial charge in [0.1, 0.15) is 0 Å². The van der Waals surface area contributed by atoms with Crippen LogP contribution in [0, 0.1) is 5.92 Å². The molecule has 0 amide bonds. The molecule has 7 heteroatoms. The Morgan fingerprint density at radius 2 is 2.12 bits per heavy atom. The second-order valence-corrected chi connectivity index (χ2v) is 7.24. The Morgan fingerprint density at radius 1 is 1.24 bits per heavy atom. The van der Waals surface area contributed by atoms with Crippen molar-refractivity contribution in [2.75, 3.05) is 52.5 Å². The number of guanidine groups is 1. The molecule has 3 fully saturated rings. The van der Waals surface area contributed by atoms with Crippen LogP contribution in [-0.2, 0) is 9.47 Å². The lowest BCUT2D eigenvalue weighted by Gasteiger charge is -2.15. The van der Waals surface area contributed by atoms with Crippen molar-refractivity contribution in [1.29, 1.82) is 0 Å². The van der Waals surface area contributed by atoms with Crippen LogP contribution in [0.4, 0.5) is 0 Å². The average Bonchev–Trinajstić information content (AvgIpc) is 3.11. The molecule has 3 rings (SSSR count). The van der Waals surface area contributed by atoms with E-state index in [1.165, 1.54) is 32.4 Å². The predicted molar refractivity (Wildman–Crippen MR) is 112 cm³/mol. The van der Waals surface area contributed by atoms with Crippen molar-refractivity contribution in [2.45, 2.75) is 51.2 Å². The monoisotopic (exact) mass is 466 g/mol. The van der Waals surface area contributed by atoms with E-state index in [0.29, 0.717) is 6.10 Å². The zero-order chi connectivity index (χ0) is 16.6. The Labute approximate surface area is 169 Å². The Bertz CT molecular complexity index is 401. The molecule has 25 heavy (non-hydrogen) atoms. The number of halogens is 1. The molecule has 2 N–H and O–H groups in total. The summed E-state index contributed by atoms with van der Waals surface area (Å²) in [5.41, 5.74) is 0. The lowest BCUT2D eigenvalue weighted by molar-refractivity contribution is 0.0420. The minimum Gasteiger partial charge on any atom is -0.379 e. The number of ether oxygens (including phenoxy) is 2. The van der Waals surface area contributed by atoms with Crippen LogP contribution >= 0.6 is 24.0 Å². The fraction of sp³-hybridized carbons (Fsp3) is 0.944. The van der Waals surface area contributed by atoms with Crippen molar-refractivity contribution in [2.24, 2.45) is 10.9 Å². The van der Waals surface area contributed by atoms with Gasteiger partial charge in [0, 0.05) is 45.4 Å². The molecule has 1 aliphatic carbocycles. The largest absolute Gasteiger partial charge is 0.379 e. The van der Waals surface area contributed by atoms with Gasteiger partial charge in [-0.25, -0.2) is 0 Å². The summed E-state index contributed by atoms with van der Waals surface area (Å²) < 4.78 is 11.1. The molecule has 3 aliphatic rings. The molecule has 2 unspecified atom stereocenters. The first kappa shape index (κ1) is 21.2. The van der Waals surface area contributed by atoms with Crippen LogP contribution in [0.25, 0.3) is 0 Å². The second kappa shape index (κ2) is 11.6. The normalized spacial score (nSPS) is 27.3. The van der Waals surface area contributed by atoms with Crippen LogP contribution in [-0.4, -0.2) is 75.5 Å². The minimum absolute atomic E-state index is 0. The van der Waals surface area contributed by atoms with Gasteiger partial charge in [-0.05, 0) is 51.5 Å². The van der Waals surface area contributed by atoms with Gasteiger partial charge in [0.25, 0.3) is 0 Å². The maximum absolute atomic E-state index is 5.80. The molecule has 0 spiro atoms. The average molecular weight is 466 g/mol. The Hall–Kier alpha value is -0.120. The number of rotatable bonds is 9. The quantitative estimate of drug-likeness (QED) is 0.235. The molecule has 6 nitrogen and oxygen atoms in total. The summed E-state index contributed by atoms with van der Waals surface area (Å²) in [7, 11) is 0. The summed E-state index contributed by atoms with van der Waals surface area (Å²) in [5.74, 6) is 1.68. The molecule has 0 bridgehead atoms. The van der Waals surface area contributed by atoms with Crippen LogP contribution < -0.4 is 10.6 Å². The fourth-order valence-electron chi connectivity index (χ4n) is 3.52. The summed E-state index contributed by atoms with van der Waals surface area (Å²) in [6.45, 7) is 9.77. The molecular formula is C18H35IN4O2. The lowest BCUT2D eigenvalue weighted by Crippen LogP contribution is -2.38. The van der Waals surface area contributed by atoms with Crippen LogP contribution in [0.5, 0.6) is 0 Å². The van der Waals surface area contributed by atoms with E-state index in [1.54, 1.807) is 0 Å². The van der Waals surface area contributed by atoms with Gasteiger partial charge in [-0.1, -0.05) is 0 Å². The smallest absolute Gasteiger partial charge is 0.191 e. The first-order chi connectivity index (χ1) is 11.8. The van der Waals surface area contributed by atoms with E-state index in [2.05, 4.69) is 22.5 Å². The molecule has 146 valence electrons. The van der Waals surface area contributed by atoms with E-state index in [9.17, 15) is 0 Å². The molecule has 0 aromatic heterocycles. The molecule has 0 radical (unpaired) electrons. The SMILES string of the molecule is CCNC(=NCC1CCN(C2CC2)C1)NCCCOC1CCOC1.I. The highest BCUT2D eigenvalue weighted by atomic mass is 127. The van der Waals surface area contributed by atoms with Gasteiger partial charge in [-0.2, -0.15) is 0 Å². The zero-order valence-corrected chi connectivity index (χ0v) is 17.9. The standard InChI is InChI=1S/C18H34N4O2.HI/c1-2-19-18(20-8-3-10-24-17-7-11-23-14-17)21-12-15-6-9-22(13-15)16-4-5-16;/h15-17H,2-14H2,1H3,(H2,19,20,21);1H. The molecular weight excluding hydrogens is 431 g/mol. The van der Waals surface area contributed by atoms with E-state index in [0.717, 1.165) is 70.2 Å². The van der Waals surface area contributed by atoms with Gasteiger partial charge in [0.2, 0.25) is 0 Å². The molecule has 1 saturated carbocycles. The van der Waals surface area contributed by atoms with Gasteiger partial charge in [0.05, 0.1) is 12.7 Å². The van der Waals surface area contributed by atoms with Crippen molar-refractivity contribution in [3.63, 3.8) is 0 Å². The summed E-state index contributed by atoms with van der Waals surface area (Å²) >= 11 is 0. The minimum atomic E-state index is 0. The third-order valence-electron chi connectivity index (χ3n) is 5.09. The van der Waals surface area contributed by atoms with Gasteiger partial charge < -0.3 is 25.0 Å². The molecule has 2 aliphatic heterocycles. The number of nitrogens with zero attached hydrogens (tertiary/aromatic N) is 2. The number of likely N-dealkylation sites (tertiary alicyclic amines) is 1. The van der Waals surface area contributed by atoms with Crippen molar-refractivity contribution >= 4 is 29.9 Å². The third kappa shape index (κ3) is 7.56. The first-order valence-corrected chi connectivity index (χ1v) is 9.80. The van der Waals surface area contributed by atoms with Crippen molar-refractivity contribution in [3.8, 4) is 0 Å². The molecule has 2 heterocycles. The van der Waals surface area contributed by atoms with E-state index in [4.69, 9.17) is 14.5 Å². The maximum atomic E-state index is 5.80.